The van der Waals surface area contributed by atoms with Gasteiger partial charge in [-0.3, -0.25) is 0 Å². The van der Waals surface area contributed by atoms with Gasteiger partial charge in [0.1, 0.15) is 0 Å². The summed E-state index contributed by atoms with van der Waals surface area (Å²) < 4.78 is 0. The van der Waals surface area contributed by atoms with Crippen molar-refractivity contribution >= 4 is 0 Å². The summed E-state index contributed by atoms with van der Waals surface area (Å²) >= 11 is 0. The number of rotatable bonds is 6. The average Bonchev–Trinajstić information content (AvgIpc) is 3.10. The van der Waals surface area contributed by atoms with E-state index in [1.165, 1.54) is 38.5 Å². The molecule has 1 unspecified atom stereocenters. The van der Waals surface area contributed by atoms with Gasteiger partial charge in [0.25, 0.3) is 0 Å². The van der Waals surface area contributed by atoms with Crippen molar-refractivity contribution in [3.05, 3.63) is 35.9 Å². The zero-order valence-corrected chi connectivity index (χ0v) is 9.78. The lowest BCUT2D eigenvalue weighted by Gasteiger charge is -2.16. The van der Waals surface area contributed by atoms with Crippen molar-refractivity contribution in [1.29, 1.82) is 0 Å². The molecule has 2 rings (SSSR count). The van der Waals surface area contributed by atoms with Gasteiger partial charge >= 0.3 is 0 Å². The molecule has 82 valence electrons. The van der Waals surface area contributed by atoms with Crippen LogP contribution < -0.4 is 0 Å². The van der Waals surface area contributed by atoms with E-state index in [0.29, 0.717) is 0 Å². The van der Waals surface area contributed by atoms with Crippen molar-refractivity contribution in [3.63, 3.8) is 0 Å². The standard InChI is InChI=1S/C15H22/c1-2-3-5-10-15(14-11-12-14)13-8-6-4-7-9-13/h4,6-9,14-15H,2-3,5,10-12H2,1H3. The maximum atomic E-state index is 2.31. The van der Waals surface area contributed by atoms with Gasteiger partial charge in [-0.15, -0.1) is 0 Å². The Labute approximate surface area is 93.7 Å². The summed E-state index contributed by atoms with van der Waals surface area (Å²) in [7, 11) is 0. The number of hydrogen-bond acceptors (Lipinski definition) is 0. The SMILES string of the molecule is CCCCCC(c1ccccc1)C1CC1. The third-order valence-corrected chi connectivity index (χ3v) is 3.54. The predicted octanol–water partition coefficient (Wildman–Crippen LogP) is 4.76. The molecule has 0 heteroatoms. The largest absolute Gasteiger partial charge is 0.0654 e. The fraction of sp³-hybridized carbons (Fsp3) is 0.600. The monoisotopic (exact) mass is 202 g/mol. The first-order valence-corrected chi connectivity index (χ1v) is 6.46. The topological polar surface area (TPSA) is 0 Å². The molecule has 0 spiro atoms. The van der Waals surface area contributed by atoms with Crippen LogP contribution in [0.2, 0.25) is 0 Å². The van der Waals surface area contributed by atoms with E-state index in [-0.39, 0.29) is 0 Å². The Bertz CT molecular complexity index is 271. The van der Waals surface area contributed by atoms with Crippen LogP contribution in [0.3, 0.4) is 0 Å². The van der Waals surface area contributed by atoms with Crippen LogP contribution in [0.25, 0.3) is 0 Å². The summed E-state index contributed by atoms with van der Waals surface area (Å²) in [4.78, 5) is 0. The fourth-order valence-electron chi connectivity index (χ4n) is 2.49. The van der Waals surface area contributed by atoms with Crippen LogP contribution >= 0.6 is 0 Å². The van der Waals surface area contributed by atoms with E-state index in [9.17, 15) is 0 Å². The maximum Gasteiger partial charge on any atom is -0.0134 e. The van der Waals surface area contributed by atoms with Crippen LogP contribution in [-0.2, 0) is 0 Å². The van der Waals surface area contributed by atoms with Crippen LogP contribution in [0.1, 0.15) is 56.9 Å². The molecule has 1 aliphatic rings. The van der Waals surface area contributed by atoms with Crippen LogP contribution in [-0.4, -0.2) is 0 Å². The van der Waals surface area contributed by atoms with Gasteiger partial charge in [0.15, 0.2) is 0 Å². The molecule has 0 amide bonds. The molecule has 0 N–H and O–H groups in total. The van der Waals surface area contributed by atoms with E-state index in [0.717, 1.165) is 11.8 Å². The third-order valence-electron chi connectivity index (χ3n) is 3.54. The Kier molecular flexibility index (Phi) is 3.82. The van der Waals surface area contributed by atoms with Gasteiger partial charge in [0, 0.05) is 0 Å². The molecular weight excluding hydrogens is 180 g/mol. The van der Waals surface area contributed by atoms with Crippen molar-refractivity contribution in [2.45, 2.75) is 51.4 Å². The zero-order chi connectivity index (χ0) is 10.5. The Morgan fingerprint density at radius 1 is 1.13 bits per heavy atom. The van der Waals surface area contributed by atoms with Gasteiger partial charge in [-0.2, -0.15) is 0 Å². The Hall–Kier alpha value is -0.780. The molecule has 1 aliphatic carbocycles. The molecule has 0 nitrogen and oxygen atoms in total. The summed E-state index contributed by atoms with van der Waals surface area (Å²) in [6, 6.07) is 11.1. The number of unbranched alkanes of at least 4 members (excludes halogenated alkanes) is 2. The fourth-order valence-corrected chi connectivity index (χ4v) is 2.49. The minimum atomic E-state index is 0.859. The van der Waals surface area contributed by atoms with Crippen LogP contribution in [0.4, 0.5) is 0 Å². The lowest BCUT2D eigenvalue weighted by atomic mass is 9.89. The van der Waals surface area contributed by atoms with Gasteiger partial charge in [-0.1, -0.05) is 56.5 Å². The first-order chi connectivity index (χ1) is 7.42. The average molecular weight is 202 g/mol. The second kappa shape index (κ2) is 5.34. The van der Waals surface area contributed by atoms with Crippen molar-refractivity contribution in [1.82, 2.24) is 0 Å². The molecule has 0 bridgehead atoms. The highest BCUT2D eigenvalue weighted by Crippen LogP contribution is 2.45. The quantitative estimate of drug-likeness (QED) is 0.583. The molecule has 0 aliphatic heterocycles. The summed E-state index contributed by atoms with van der Waals surface area (Å²) in [6.45, 7) is 2.29. The first kappa shape index (κ1) is 10.7. The molecule has 1 atom stereocenters. The molecule has 0 aromatic heterocycles. The smallest absolute Gasteiger partial charge is 0.0134 e. The third kappa shape index (κ3) is 3.09. The molecule has 15 heavy (non-hydrogen) atoms. The van der Waals surface area contributed by atoms with E-state index >= 15 is 0 Å². The van der Waals surface area contributed by atoms with Crippen molar-refractivity contribution in [2.75, 3.05) is 0 Å². The Morgan fingerprint density at radius 2 is 1.87 bits per heavy atom. The second-order valence-corrected chi connectivity index (χ2v) is 4.85. The summed E-state index contributed by atoms with van der Waals surface area (Å²) in [5.41, 5.74) is 1.58. The van der Waals surface area contributed by atoms with Gasteiger partial charge in [0.05, 0.1) is 0 Å². The first-order valence-electron chi connectivity index (χ1n) is 6.46. The van der Waals surface area contributed by atoms with E-state index in [2.05, 4.69) is 37.3 Å². The normalized spacial score (nSPS) is 17.7. The highest BCUT2D eigenvalue weighted by molar-refractivity contribution is 5.21. The summed E-state index contributed by atoms with van der Waals surface area (Å²) in [5.74, 6) is 1.86. The summed E-state index contributed by atoms with van der Waals surface area (Å²) in [5, 5.41) is 0. The zero-order valence-electron chi connectivity index (χ0n) is 9.78. The second-order valence-electron chi connectivity index (χ2n) is 4.85. The predicted molar refractivity (Wildman–Crippen MR) is 66.0 cm³/mol. The van der Waals surface area contributed by atoms with Crippen molar-refractivity contribution in [3.8, 4) is 0 Å². The minimum Gasteiger partial charge on any atom is -0.0654 e. The molecule has 1 aromatic rings. The Balaban J connectivity index is 1.94. The van der Waals surface area contributed by atoms with Gasteiger partial charge in [-0.25, -0.2) is 0 Å². The molecule has 1 aromatic carbocycles. The van der Waals surface area contributed by atoms with E-state index in [1.807, 2.05) is 0 Å². The molecule has 0 saturated heterocycles. The minimum absolute atomic E-state index is 0.859. The maximum absolute atomic E-state index is 2.31. The molecule has 1 fully saturated rings. The highest BCUT2D eigenvalue weighted by atomic mass is 14.4. The lowest BCUT2D eigenvalue weighted by molar-refractivity contribution is 0.519. The van der Waals surface area contributed by atoms with E-state index < -0.39 is 0 Å². The number of hydrogen-bond donors (Lipinski definition) is 0. The Morgan fingerprint density at radius 3 is 2.47 bits per heavy atom. The lowest BCUT2D eigenvalue weighted by Crippen LogP contribution is -2.01. The molecule has 1 saturated carbocycles. The molecule has 0 heterocycles. The van der Waals surface area contributed by atoms with Crippen molar-refractivity contribution in [2.24, 2.45) is 5.92 Å². The van der Waals surface area contributed by atoms with Gasteiger partial charge in [-0.05, 0) is 36.7 Å². The van der Waals surface area contributed by atoms with E-state index in [1.54, 1.807) is 5.56 Å². The highest BCUT2D eigenvalue weighted by Gasteiger charge is 2.31. The molecule has 0 radical (unpaired) electrons. The van der Waals surface area contributed by atoms with Crippen LogP contribution in [0.15, 0.2) is 30.3 Å². The van der Waals surface area contributed by atoms with Gasteiger partial charge < -0.3 is 0 Å². The summed E-state index contributed by atoms with van der Waals surface area (Å²) in [6.07, 6.45) is 8.48. The molecular formula is C15H22. The van der Waals surface area contributed by atoms with Crippen LogP contribution in [0.5, 0.6) is 0 Å². The van der Waals surface area contributed by atoms with Crippen LogP contribution in [0, 0.1) is 5.92 Å². The van der Waals surface area contributed by atoms with Gasteiger partial charge in [0.2, 0.25) is 0 Å². The number of benzene rings is 1. The van der Waals surface area contributed by atoms with E-state index in [4.69, 9.17) is 0 Å². The van der Waals surface area contributed by atoms with Crippen molar-refractivity contribution < 1.29 is 0 Å².